The molecule has 0 aliphatic carbocycles. The van der Waals surface area contributed by atoms with Crippen molar-refractivity contribution in [3.63, 3.8) is 0 Å². The summed E-state index contributed by atoms with van der Waals surface area (Å²) in [7, 11) is 0. The average Bonchev–Trinajstić information content (AvgIpc) is 2.94. The molecule has 1 unspecified atom stereocenters. The largest absolute Gasteiger partial charge is 0.332 e. The summed E-state index contributed by atoms with van der Waals surface area (Å²) in [4.78, 5) is 16.3. The number of hydrogen-bond donors (Lipinski definition) is 2. The molecule has 0 bridgehead atoms. The summed E-state index contributed by atoms with van der Waals surface area (Å²) in [6.45, 7) is 10.5. The molecule has 1 atom stereocenters. The predicted octanol–water partition coefficient (Wildman–Crippen LogP) is 3.10. The Morgan fingerprint density at radius 2 is 2.09 bits per heavy atom. The van der Waals surface area contributed by atoms with Gasteiger partial charge in [0.25, 0.3) is 0 Å². The number of aryl methyl sites for hydroxylation is 1. The van der Waals surface area contributed by atoms with Crippen molar-refractivity contribution in [3.05, 3.63) is 39.6 Å². The third-order valence-corrected chi connectivity index (χ3v) is 4.67. The number of pyridine rings is 1. The van der Waals surface area contributed by atoms with Gasteiger partial charge in [0, 0.05) is 11.6 Å². The molecule has 0 aliphatic rings. The fourth-order valence-corrected chi connectivity index (χ4v) is 2.89. The Labute approximate surface area is 140 Å². The first-order chi connectivity index (χ1) is 10.8. The zero-order chi connectivity index (χ0) is 17.0. The lowest BCUT2D eigenvalue weighted by atomic mass is 9.98. The van der Waals surface area contributed by atoms with Crippen LogP contribution >= 0.6 is 11.3 Å². The minimum absolute atomic E-state index is 0.0246. The van der Waals surface area contributed by atoms with E-state index in [1.165, 1.54) is 11.3 Å². The molecular weight excluding hydrogens is 310 g/mol. The Morgan fingerprint density at radius 3 is 2.70 bits per heavy atom. The molecule has 0 aromatic carbocycles. The molecule has 2 aromatic heterocycles. The van der Waals surface area contributed by atoms with Gasteiger partial charge in [-0.2, -0.15) is 0 Å². The molecule has 2 amide bonds. The Balaban J connectivity index is 1.88. The molecule has 0 saturated heterocycles. The predicted molar refractivity (Wildman–Crippen MR) is 91.4 cm³/mol. The van der Waals surface area contributed by atoms with E-state index in [2.05, 4.69) is 46.6 Å². The minimum atomic E-state index is -0.241. The van der Waals surface area contributed by atoms with Gasteiger partial charge in [0.1, 0.15) is 10.0 Å². The van der Waals surface area contributed by atoms with Crippen molar-refractivity contribution in [2.45, 2.75) is 52.6 Å². The van der Waals surface area contributed by atoms with Crippen LogP contribution in [0.4, 0.5) is 4.79 Å². The van der Waals surface area contributed by atoms with E-state index < -0.39 is 0 Å². The summed E-state index contributed by atoms with van der Waals surface area (Å²) in [5.41, 5.74) is 1.90. The zero-order valence-electron chi connectivity index (χ0n) is 14.2. The molecule has 2 heterocycles. The van der Waals surface area contributed by atoms with Gasteiger partial charge in [0.15, 0.2) is 0 Å². The highest BCUT2D eigenvalue weighted by Crippen LogP contribution is 2.25. The highest BCUT2D eigenvalue weighted by Gasteiger charge is 2.19. The fourth-order valence-electron chi connectivity index (χ4n) is 2.05. The molecule has 2 rings (SSSR count). The molecule has 0 spiro atoms. The average molecular weight is 333 g/mol. The van der Waals surface area contributed by atoms with Gasteiger partial charge in [-0.3, -0.25) is 4.98 Å². The molecule has 124 valence electrons. The zero-order valence-corrected chi connectivity index (χ0v) is 15.0. The van der Waals surface area contributed by atoms with Crippen molar-refractivity contribution in [1.29, 1.82) is 0 Å². The minimum Gasteiger partial charge on any atom is -0.332 e. The second-order valence-corrected chi connectivity index (χ2v) is 7.57. The fraction of sp³-hybridized carbons (Fsp3) is 0.500. The lowest BCUT2D eigenvalue weighted by Gasteiger charge is -2.15. The second kappa shape index (κ2) is 7.04. The summed E-state index contributed by atoms with van der Waals surface area (Å²) in [5, 5.41) is 15.8. The number of urea groups is 1. The first-order valence-electron chi connectivity index (χ1n) is 7.56. The Morgan fingerprint density at radius 1 is 1.35 bits per heavy atom. The summed E-state index contributed by atoms with van der Waals surface area (Å²) in [6, 6.07) is 3.47. The summed E-state index contributed by atoms with van der Waals surface area (Å²) in [5.74, 6) is 0. The number of hydrogen-bond acceptors (Lipinski definition) is 5. The Kier molecular flexibility index (Phi) is 5.30. The molecule has 0 aliphatic heterocycles. The third kappa shape index (κ3) is 4.72. The van der Waals surface area contributed by atoms with Crippen molar-refractivity contribution in [1.82, 2.24) is 25.8 Å². The Bertz CT molecular complexity index is 677. The summed E-state index contributed by atoms with van der Waals surface area (Å²) in [6.07, 6.45) is 1.73. The molecule has 0 fully saturated rings. The number of aromatic nitrogens is 3. The first kappa shape index (κ1) is 17.3. The van der Waals surface area contributed by atoms with Crippen LogP contribution in [0.2, 0.25) is 0 Å². The van der Waals surface area contributed by atoms with Gasteiger partial charge >= 0.3 is 6.03 Å². The second-order valence-electron chi connectivity index (χ2n) is 6.51. The van der Waals surface area contributed by atoms with Crippen LogP contribution in [0.5, 0.6) is 0 Å². The topological polar surface area (TPSA) is 79.8 Å². The third-order valence-electron chi connectivity index (χ3n) is 3.32. The molecule has 23 heavy (non-hydrogen) atoms. The van der Waals surface area contributed by atoms with Crippen molar-refractivity contribution in [2.75, 3.05) is 0 Å². The molecule has 0 saturated carbocycles. The number of carbonyl (C=O) groups excluding carboxylic acids is 1. The molecule has 7 heteroatoms. The lowest BCUT2D eigenvalue weighted by Crippen LogP contribution is -2.37. The van der Waals surface area contributed by atoms with Crippen LogP contribution in [-0.2, 0) is 12.0 Å². The van der Waals surface area contributed by atoms with Gasteiger partial charge in [-0.15, -0.1) is 10.2 Å². The molecule has 2 aromatic rings. The maximum atomic E-state index is 12.0. The van der Waals surface area contributed by atoms with Gasteiger partial charge in [0.05, 0.1) is 18.3 Å². The van der Waals surface area contributed by atoms with E-state index in [-0.39, 0.29) is 17.5 Å². The van der Waals surface area contributed by atoms with Gasteiger partial charge in [-0.1, -0.05) is 38.2 Å². The van der Waals surface area contributed by atoms with Crippen LogP contribution < -0.4 is 10.6 Å². The number of nitrogens with zero attached hydrogens (tertiary/aromatic N) is 3. The SMILES string of the molecule is Cc1cccnc1C(C)NC(=O)NCc1nnc(C(C)(C)C)s1. The molecule has 0 radical (unpaired) electrons. The van der Waals surface area contributed by atoms with Crippen LogP contribution in [0, 0.1) is 6.92 Å². The van der Waals surface area contributed by atoms with E-state index in [1.54, 1.807) is 6.20 Å². The number of amides is 2. The van der Waals surface area contributed by atoms with Crippen molar-refractivity contribution in [2.24, 2.45) is 0 Å². The maximum Gasteiger partial charge on any atom is 0.315 e. The molecular formula is C16H23N5OS. The van der Waals surface area contributed by atoms with Gasteiger partial charge in [0.2, 0.25) is 0 Å². The number of nitrogens with one attached hydrogen (secondary N) is 2. The summed E-state index contributed by atoms with van der Waals surface area (Å²) >= 11 is 1.52. The standard InChI is InChI=1S/C16H23N5OS/c1-10-7-6-8-17-13(10)11(2)19-15(22)18-9-12-20-21-14(23-12)16(3,4)5/h6-8,11H,9H2,1-5H3,(H2,18,19,22). The van der Waals surface area contributed by atoms with E-state index in [9.17, 15) is 4.79 Å². The van der Waals surface area contributed by atoms with E-state index in [4.69, 9.17) is 0 Å². The summed E-state index contributed by atoms with van der Waals surface area (Å²) < 4.78 is 0. The highest BCUT2D eigenvalue weighted by molar-refractivity contribution is 7.11. The van der Waals surface area contributed by atoms with Gasteiger partial charge in [-0.05, 0) is 25.5 Å². The molecule has 6 nitrogen and oxygen atoms in total. The van der Waals surface area contributed by atoms with E-state index in [1.807, 2.05) is 26.0 Å². The normalized spacial score (nSPS) is 12.7. The Hall–Kier alpha value is -2.02. The van der Waals surface area contributed by atoms with Crippen molar-refractivity contribution >= 4 is 17.4 Å². The quantitative estimate of drug-likeness (QED) is 0.901. The smallest absolute Gasteiger partial charge is 0.315 e. The van der Waals surface area contributed by atoms with E-state index in [0.717, 1.165) is 21.3 Å². The monoisotopic (exact) mass is 333 g/mol. The van der Waals surface area contributed by atoms with Crippen LogP contribution in [0.1, 0.15) is 55.0 Å². The number of carbonyl (C=O) groups is 1. The van der Waals surface area contributed by atoms with Gasteiger partial charge < -0.3 is 10.6 Å². The first-order valence-corrected chi connectivity index (χ1v) is 8.38. The van der Waals surface area contributed by atoms with E-state index >= 15 is 0 Å². The van der Waals surface area contributed by atoms with Crippen LogP contribution in [0.25, 0.3) is 0 Å². The van der Waals surface area contributed by atoms with Crippen LogP contribution in [-0.4, -0.2) is 21.2 Å². The lowest BCUT2D eigenvalue weighted by molar-refractivity contribution is 0.237. The van der Waals surface area contributed by atoms with Crippen LogP contribution in [0.15, 0.2) is 18.3 Å². The van der Waals surface area contributed by atoms with Gasteiger partial charge in [-0.25, -0.2) is 4.79 Å². The van der Waals surface area contributed by atoms with Crippen molar-refractivity contribution in [3.8, 4) is 0 Å². The highest BCUT2D eigenvalue weighted by atomic mass is 32.1. The maximum absolute atomic E-state index is 12.0. The molecule has 2 N–H and O–H groups in total. The number of rotatable bonds is 4. The van der Waals surface area contributed by atoms with Crippen molar-refractivity contribution < 1.29 is 4.79 Å². The van der Waals surface area contributed by atoms with Crippen LogP contribution in [0.3, 0.4) is 0 Å². The van der Waals surface area contributed by atoms with E-state index in [0.29, 0.717) is 6.54 Å².